The Balaban J connectivity index is 2.28. The number of aryl methyl sites for hydroxylation is 1. The van der Waals surface area contributed by atoms with E-state index < -0.39 is 17.8 Å². The number of nitrogen functional groups attached to an aromatic ring is 1. The van der Waals surface area contributed by atoms with Crippen molar-refractivity contribution >= 4 is 5.69 Å². The normalized spacial score (nSPS) is 13.4. The van der Waals surface area contributed by atoms with Gasteiger partial charge in [0.25, 0.3) is 0 Å². The molecule has 0 aliphatic carbocycles. The number of aromatic nitrogens is 2. The highest BCUT2D eigenvalue weighted by atomic mass is 19.4. The van der Waals surface area contributed by atoms with Crippen molar-refractivity contribution in [1.82, 2.24) is 9.55 Å². The molecule has 7 heteroatoms. The van der Waals surface area contributed by atoms with Crippen LogP contribution in [-0.4, -0.2) is 14.7 Å². The van der Waals surface area contributed by atoms with E-state index in [9.17, 15) is 18.3 Å². The maximum Gasteiger partial charge on any atom is 0.416 e. The van der Waals surface area contributed by atoms with Crippen molar-refractivity contribution in [3.05, 3.63) is 47.5 Å². The number of alkyl halides is 3. The summed E-state index contributed by atoms with van der Waals surface area (Å²) < 4.78 is 40.0. The Morgan fingerprint density at radius 3 is 2.71 bits per heavy atom. The fourth-order valence-electron chi connectivity index (χ4n) is 2.14. The largest absolute Gasteiger partial charge is 0.416 e. The Kier molecular flexibility index (Phi) is 4.22. The molecule has 2 rings (SSSR count). The van der Waals surface area contributed by atoms with Gasteiger partial charge in [-0.3, -0.25) is 0 Å². The highest BCUT2D eigenvalue weighted by molar-refractivity contribution is 5.50. The third-order valence-corrected chi connectivity index (χ3v) is 3.29. The SMILES string of the molecule is CCn1ccnc1CC(O)c1cc(C(F)(F)F)ccc1N. The summed E-state index contributed by atoms with van der Waals surface area (Å²) in [6.07, 6.45) is -2.17. The molecular formula is C14H16F3N3O. The van der Waals surface area contributed by atoms with Gasteiger partial charge in [-0.15, -0.1) is 0 Å². The Morgan fingerprint density at radius 2 is 2.10 bits per heavy atom. The molecule has 0 bridgehead atoms. The lowest BCUT2D eigenvalue weighted by Gasteiger charge is -2.16. The molecule has 1 aromatic heterocycles. The predicted octanol–water partition coefficient (Wildman–Crippen LogP) is 2.78. The van der Waals surface area contributed by atoms with Crippen LogP contribution in [0.15, 0.2) is 30.6 Å². The van der Waals surface area contributed by atoms with Crippen molar-refractivity contribution in [2.45, 2.75) is 32.2 Å². The second-order valence-corrected chi connectivity index (χ2v) is 4.69. The van der Waals surface area contributed by atoms with E-state index in [-0.39, 0.29) is 17.7 Å². The Labute approximate surface area is 120 Å². The summed E-state index contributed by atoms with van der Waals surface area (Å²) in [5.41, 5.74) is 5.04. The van der Waals surface area contributed by atoms with E-state index >= 15 is 0 Å². The van der Waals surface area contributed by atoms with E-state index in [0.717, 1.165) is 18.2 Å². The summed E-state index contributed by atoms with van der Waals surface area (Å²) in [5.74, 6) is 0.599. The molecule has 0 saturated carbocycles. The number of nitrogens with zero attached hydrogens (tertiary/aromatic N) is 2. The number of aliphatic hydroxyl groups is 1. The van der Waals surface area contributed by atoms with Gasteiger partial charge in [0, 0.05) is 36.6 Å². The van der Waals surface area contributed by atoms with E-state index in [0.29, 0.717) is 12.4 Å². The van der Waals surface area contributed by atoms with Crippen LogP contribution in [0.3, 0.4) is 0 Å². The minimum atomic E-state index is -4.47. The molecule has 1 unspecified atom stereocenters. The average molecular weight is 299 g/mol. The van der Waals surface area contributed by atoms with Gasteiger partial charge in [0.1, 0.15) is 5.82 Å². The minimum absolute atomic E-state index is 0.0653. The molecule has 0 spiro atoms. The van der Waals surface area contributed by atoms with Gasteiger partial charge in [-0.2, -0.15) is 13.2 Å². The molecule has 21 heavy (non-hydrogen) atoms. The van der Waals surface area contributed by atoms with Crippen LogP contribution in [0.25, 0.3) is 0 Å². The minimum Gasteiger partial charge on any atom is -0.398 e. The number of hydrogen-bond donors (Lipinski definition) is 2. The molecule has 2 aromatic rings. The lowest BCUT2D eigenvalue weighted by atomic mass is 10.0. The van der Waals surface area contributed by atoms with Crippen LogP contribution >= 0.6 is 0 Å². The molecule has 0 saturated heterocycles. The Morgan fingerprint density at radius 1 is 1.38 bits per heavy atom. The number of aliphatic hydroxyl groups excluding tert-OH is 1. The first-order valence-electron chi connectivity index (χ1n) is 6.47. The van der Waals surface area contributed by atoms with Gasteiger partial charge >= 0.3 is 6.18 Å². The van der Waals surface area contributed by atoms with Crippen molar-refractivity contribution < 1.29 is 18.3 Å². The summed E-state index contributed by atoms with van der Waals surface area (Å²) in [7, 11) is 0. The van der Waals surface area contributed by atoms with E-state index in [1.165, 1.54) is 0 Å². The first-order valence-corrected chi connectivity index (χ1v) is 6.47. The molecule has 114 valence electrons. The lowest BCUT2D eigenvalue weighted by Crippen LogP contribution is -2.12. The molecule has 1 heterocycles. The van der Waals surface area contributed by atoms with E-state index in [4.69, 9.17) is 5.73 Å². The van der Waals surface area contributed by atoms with Crippen molar-refractivity contribution in [2.75, 3.05) is 5.73 Å². The smallest absolute Gasteiger partial charge is 0.398 e. The Hall–Kier alpha value is -2.02. The van der Waals surface area contributed by atoms with Crippen molar-refractivity contribution in [2.24, 2.45) is 0 Å². The third-order valence-electron chi connectivity index (χ3n) is 3.29. The summed E-state index contributed by atoms with van der Waals surface area (Å²) in [4.78, 5) is 4.09. The number of halogens is 3. The van der Waals surface area contributed by atoms with Crippen LogP contribution in [0.5, 0.6) is 0 Å². The van der Waals surface area contributed by atoms with Crippen molar-refractivity contribution in [3.63, 3.8) is 0 Å². The zero-order chi connectivity index (χ0) is 15.6. The predicted molar refractivity (Wildman–Crippen MR) is 72.4 cm³/mol. The molecule has 4 nitrogen and oxygen atoms in total. The van der Waals surface area contributed by atoms with Gasteiger partial charge in [-0.05, 0) is 25.1 Å². The van der Waals surface area contributed by atoms with Crippen LogP contribution in [0.1, 0.15) is 30.0 Å². The van der Waals surface area contributed by atoms with Crippen LogP contribution in [-0.2, 0) is 19.1 Å². The highest BCUT2D eigenvalue weighted by Gasteiger charge is 2.31. The molecule has 0 fully saturated rings. The number of benzene rings is 1. The van der Waals surface area contributed by atoms with E-state index in [1.54, 1.807) is 12.4 Å². The highest BCUT2D eigenvalue weighted by Crippen LogP contribution is 2.33. The summed E-state index contributed by atoms with van der Waals surface area (Å²) >= 11 is 0. The van der Waals surface area contributed by atoms with Gasteiger partial charge in [-0.1, -0.05) is 0 Å². The maximum atomic E-state index is 12.7. The molecule has 1 atom stereocenters. The van der Waals surface area contributed by atoms with Gasteiger partial charge in [-0.25, -0.2) is 4.98 Å². The standard InChI is InChI=1S/C14H16F3N3O/c1-2-20-6-5-19-13(20)8-12(21)10-7-9(14(15,16)17)3-4-11(10)18/h3-7,12,21H,2,8,18H2,1H3. The summed E-state index contributed by atoms with van der Waals surface area (Å²) in [6.45, 7) is 2.58. The average Bonchev–Trinajstić information content (AvgIpc) is 2.84. The zero-order valence-corrected chi connectivity index (χ0v) is 11.4. The zero-order valence-electron chi connectivity index (χ0n) is 11.4. The third kappa shape index (κ3) is 3.36. The number of nitrogens with two attached hydrogens (primary N) is 1. The number of anilines is 1. The lowest BCUT2D eigenvalue weighted by molar-refractivity contribution is -0.137. The van der Waals surface area contributed by atoms with Crippen LogP contribution in [0, 0.1) is 0 Å². The molecule has 0 aliphatic rings. The summed E-state index contributed by atoms with van der Waals surface area (Å²) in [5, 5.41) is 10.2. The van der Waals surface area contributed by atoms with Crippen LogP contribution in [0.2, 0.25) is 0 Å². The Bertz CT molecular complexity index is 622. The molecule has 3 N–H and O–H groups in total. The molecular weight excluding hydrogens is 283 g/mol. The van der Waals surface area contributed by atoms with E-state index in [2.05, 4.69) is 4.98 Å². The van der Waals surface area contributed by atoms with Gasteiger partial charge in [0.05, 0.1) is 11.7 Å². The molecule has 1 aromatic carbocycles. The second-order valence-electron chi connectivity index (χ2n) is 4.69. The molecule has 0 radical (unpaired) electrons. The van der Waals surface area contributed by atoms with Gasteiger partial charge < -0.3 is 15.4 Å². The monoisotopic (exact) mass is 299 g/mol. The van der Waals surface area contributed by atoms with Gasteiger partial charge in [0.15, 0.2) is 0 Å². The summed E-state index contributed by atoms with van der Waals surface area (Å²) in [6, 6.07) is 2.95. The second kappa shape index (κ2) is 5.77. The first kappa shape index (κ1) is 15.4. The quantitative estimate of drug-likeness (QED) is 0.853. The number of rotatable bonds is 4. The number of imidazole rings is 1. The maximum absolute atomic E-state index is 12.7. The van der Waals surface area contributed by atoms with Crippen LogP contribution in [0.4, 0.5) is 18.9 Å². The topological polar surface area (TPSA) is 64.1 Å². The fraction of sp³-hybridized carbons (Fsp3) is 0.357. The van der Waals surface area contributed by atoms with Crippen molar-refractivity contribution in [3.8, 4) is 0 Å². The molecule has 0 aliphatic heterocycles. The van der Waals surface area contributed by atoms with Crippen LogP contribution < -0.4 is 5.73 Å². The molecule has 0 amide bonds. The van der Waals surface area contributed by atoms with E-state index in [1.807, 2.05) is 11.5 Å². The fourth-order valence-corrected chi connectivity index (χ4v) is 2.14. The first-order chi connectivity index (χ1) is 9.82. The number of hydrogen-bond acceptors (Lipinski definition) is 3. The van der Waals surface area contributed by atoms with Crippen molar-refractivity contribution in [1.29, 1.82) is 0 Å². The van der Waals surface area contributed by atoms with Gasteiger partial charge in [0.2, 0.25) is 0 Å².